The van der Waals surface area contributed by atoms with Crippen molar-refractivity contribution in [1.82, 2.24) is 9.78 Å². The van der Waals surface area contributed by atoms with Crippen LogP contribution in [0.15, 0.2) is 0 Å². The van der Waals surface area contributed by atoms with Crippen LogP contribution in [0.4, 0.5) is 0 Å². The molecule has 1 unspecified atom stereocenters. The third kappa shape index (κ3) is 2.81. The molecule has 1 atom stereocenters. The minimum atomic E-state index is -0.615. The van der Waals surface area contributed by atoms with Crippen LogP contribution in [0.3, 0.4) is 0 Å². The van der Waals surface area contributed by atoms with Crippen LogP contribution in [0, 0.1) is 6.92 Å². The van der Waals surface area contributed by atoms with Crippen LogP contribution in [0.2, 0.25) is 5.02 Å². The molecule has 0 amide bonds. The maximum Gasteiger partial charge on any atom is 0.157 e. The number of aromatic nitrogens is 2. The Morgan fingerprint density at radius 3 is 2.75 bits per heavy atom. The second kappa shape index (κ2) is 5.43. The number of nitrogens with two attached hydrogens (primary N) is 1. The van der Waals surface area contributed by atoms with Crippen LogP contribution in [0.1, 0.15) is 11.4 Å². The highest BCUT2D eigenvalue weighted by Crippen LogP contribution is 2.20. The first-order valence-corrected chi connectivity index (χ1v) is 5.30. The number of rotatable bonds is 5. The molecule has 2 N–H and O–H groups in total. The fraction of sp³-hybridized carbons (Fsp3) is 0.600. The predicted molar refractivity (Wildman–Crippen MR) is 61.5 cm³/mol. The SMILES string of the molecule is COCC(N)C(=O)Cc1c(Cl)c(C)nn1C. The molecule has 1 aromatic heterocycles. The Bertz CT molecular complexity index is 390. The summed E-state index contributed by atoms with van der Waals surface area (Å²) in [4.78, 5) is 11.7. The van der Waals surface area contributed by atoms with Crippen molar-refractivity contribution in [3.63, 3.8) is 0 Å². The maximum absolute atomic E-state index is 11.7. The normalized spacial score (nSPS) is 12.8. The Balaban J connectivity index is 2.77. The van der Waals surface area contributed by atoms with E-state index in [4.69, 9.17) is 22.1 Å². The van der Waals surface area contributed by atoms with Crippen LogP contribution in [0.5, 0.6) is 0 Å². The lowest BCUT2D eigenvalue weighted by Crippen LogP contribution is -2.36. The van der Waals surface area contributed by atoms with E-state index in [1.807, 2.05) is 0 Å². The highest BCUT2D eigenvalue weighted by Gasteiger charge is 2.19. The summed E-state index contributed by atoms with van der Waals surface area (Å²) in [7, 11) is 3.26. The molecule has 0 bridgehead atoms. The first-order valence-electron chi connectivity index (χ1n) is 4.92. The van der Waals surface area contributed by atoms with Gasteiger partial charge in [0.25, 0.3) is 0 Å². The highest BCUT2D eigenvalue weighted by atomic mass is 35.5. The molecule has 0 saturated carbocycles. The van der Waals surface area contributed by atoms with Gasteiger partial charge in [-0.25, -0.2) is 0 Å². The van der Waals surface area contributed by atoms with Crippen molar-refractivity contribution in [2.45, 2.75) is 19.4 Å². The van der Waals surface area contributed by atoms with Gasteiger partial charge in [0.1, 0.15) is 0 Å². The lowest BCUT2D eigenvalue weighted by Gasteiger charge is -2.09. The molecule has 0 fully saturated rings. The van der Waals surface area contributed by atoms with Gasteiger partial charge in [-0.1, -0.05) is 11.6 Å². The third-order valence-electron chi connectivity index (χ3n) is 2.36. The zero-order valence-electron chi connectivity index (χ0n) is 9.66. The summed E-state index contributed by atoms with van der Waals surface area (Å²) in [5, 5.41) is 4.66. The van der Waals surface area contributed by atoms with Crippen molar-refractivity contribution < 1.29 is 9.53 Å². The Kier molecular flexibility index (Phi) is 4.46. The number of ketones is 1. The smallest absolute Gasteiger partial charge is 0.157 e. The Hall–Kier alpha value is -0.910. The average Bonchev–Trinajstić information content (AvgIpc) is 2.45. The van der Waals surface area contributed by atoms with Crippen molar-refractivity contribution >= 4 is 17.4 Å². The van der Waals surface area contributed by atoms with Crippen LogP contribution >= 0.6 is 11.6 Å². The Labute approximate surface area is 99.5 Å². The molecule has 0 radical (unpaired) electrons. The van der Waals surface area contributed by atoms with Crippen LogP contribution in [-0.2, 0) is 23.0 Å². The number of Topliss-reactive ketones (excluding diaryl/α,β-unsaturated/α-hetero) is 1. The number of hydrogen-bond donors (Lipinski definition) is 1. The van der Waals surface area contributed by atoms with Gasteiger partial charge in [-0.2, -0.15) is 5.10 Å². The number of methoxy groups -OCH3 is 1. The molecule has 0 aliphatic carbocycles. The van der Waals surface area contributed by atoms with Gasteiger partial charge in [0.05, 0.1) is 35.5 Å². The molecule has 0 aliphatic heterocycles. The molecule has 1 rings (SSSR count). The third-order valence-corrected chi connectivity index (χ3v) is 2.85. The van der Waals surface area contributed by atoms with Crippen molar-refractivity contribution in [1.29, 1.82) is 0 Å². The average molecular weight is 246 g/mol. The monoisotopic (exact) mass is 245 g/mol. The largest absolute Gasteiger partial charge is 0.383 e. The lowest BCUT2D eigenvalue weighted by atomic mass is 10.1. The van der Waals surface area contributed by atoms with Gasteiger partial charge in [-0.05, 0) is 6.92 Å². The summed E-state index contributed by atoms with van der Waals surface area (Å²) in [6.45, 7) is 2.01. The summed E-state index contributed by atoms with van der Waals surface area (Å²) >= 11 is 6.03. The van der Waals surface area contributed by atoms with Gasteiger partial charge < -0.3 is 10.5 Å². The van der Waals surface area contributed by atoms with E-state index in [2.05, 4.69) is 5.10 Å². The zero-order valence-corrected chi connectivity index (χ0v) is 10.4. The van der Waals surface area contributed by atoms with E-state index in [-0.39, 0.29) is 18.8 Å². The molecule has 90 valence electrons. The van der Waals surface area contributed by atoms with E-state index in [1.54, 1.807) is 18.7 Å². The minimum absolute atomic E-state index is 0.105. The van der Waals surface area contributed by atoms with Crippen molar-refractivity contribution in [3.8, 4) is 0 Å². The van der Waals surface area contributed by atoms with Crippen LogP contribution in [-0.4, -0.2) is 35.3 Å². The molecule has 5 nitrogen and oxygen atoms in total. The van der Waals surface area contributed by atoms with Crippen molar-refractivity contribution in [2.24, 2.45) is 12.8 Å². The van der Waals surface area contributed by atoms with Crippen LogP contribution < -0.4 is 5.73 Å². The molecule has 1 aromatic rings. The Morgan fingerprint density at radius 1 is 1.69 bits per heavy atom. The van der Waals surface area contributed by atoms with Crippen molar-refractivity contribution in [2.75, 3.05) is 13.7 Å². The Morgan fingerprint density at radius 2 is 2.31 bits per heavy atom. The van der Waals surface area contributed by atoms with Crippen molar-refractivity contribution in [3.05, 3.63) is 16.4 Å². The van der Waals surface area contributed by atoms with E-state index < -0.39 is 6.04 Å². The van der Waals surface area contributed by atoms with Gasteiger partial charge in [0, 0.05) is 14.2 Å². The van der Waals surface area contributed by atoms with E-state index in [0.717, 1.165) is 0 Å². The molecule has 0 aromatic carbocycles. The topological polar surface area (TPSA) is 70.1 Å². The molecule has 0 spiro atoms. The molecule has 0 aliphatic rings. The molecular formula is C10H16ClN3O2. The van der Waals surface area contributed by atoms with Gasteiger partial charge in [-0.3, -0.25) is 9.48 Å². The fourth-order valence-electron chi connectivity index (χ4n) is 1.44. The summed E-state index contributed by atoms with van der Waals surface area (Å²) in [6.07, 6.45) is 0.181. The van der Waals surface area contributed by atoms with Gasteiger partial charge in [-0.15, -0.1) is 0 Å². The van der Waals surface area contributed by atoms with E-state index >= 15 is 0 Å². The number of nitrogens with zero attached hydrogens (tertiary/aromatic N) is 2. The molecule has 0 saturated heterocycles. The predicted octanol–water partition coefficient (Wildman–Crippen LogP) is 0.467. The van der Waals surface area contributed by atoms with Gasteiger partial charge in [0.2, 0.25) is 0 Å². The number of aryl methyl sites for hydroxylation is 2. The number of halogens is 1. The lowest BCUT2D eigenvalue weighted by molar-refractivity contribution is -0.120. The number of carbonyl (C=O) groups excluding carboxylic acids is 1. The van der Waals surface area contributed by atoms with Crippen LogP contribution in [0.25, 0.3) is 0 Å². The molecule has 1 heterocycles. The molecule has 16 heavy (non-hydrogen) atoms. The maximum atomic E-state index is 11.7. The fourth-order valence-corrected chi connectivity index (χ4v) is 1.67. The molecule has 6 heteroatoms. The second-order valence-corrected chi connectivity index (χ2v) is 4.05. The summed E-state index contributed by atoms with van der Waals surface area (Å²) < 4.78 is 6.43. The standard InChI is InChI=1S/C10H16ClN3O2/c1-6-10(11)8(14(2)13-6)4-9(15)7(12)5-16-3/h7H,4-5,12H2,1-3H3. The molecular weight excluding hydrogens is 230 g/mol. The highest BCUT2D eigenvalue weighted by molar-refractivity contribution is 6.32. The second-order valence-electron chi connectivity index (χ2n) is 3.67. The van der Waals surface area contributed by atoms with Gasteiger partial charge in [0.15, 0.2) is 5.78 Å². The first kappa shape index (κ1) is 13.2. The quantitative estimate of drug-likeness (QED) is 0.819. The van der Waals surface area contributed by atoms with E-state index in [9.17, 15) is 4.79 Å². The van der Waals surface area contributed by atoms with E-state index in [1.165, 1.54) is 7.11 Å². The number of ether oxygens (including phenoxy) is 1. The number of hydrogen-bond acceptors (Lipinski definition) is 4. The minimum Gasteiger partial charge on any atom is -0.383 e. The van der Waals surface area contributed by atoms with Gasteiger partial charge >= 0.3 is 0 Å². The summed E-state index contributed by atoms with van der Waals surface area (Å²) in [6, 6.07) is -0.615. The first-order chi connectivity index (χ1) is 7.47. The summed E-state index contributed by atoms with van der Waals surface area (Å²) in [5.41, 5.74) is 7.04. The summed E-state index contributed by atoms with van der Waals surface area (Å²) in [5.74, 6) is -0.105. The number of carbonyl (C=O) groups is 1. The zero-order chi connectivity index (χ0) is 12.3. The van der Waals surface area contributed by atoms with E-state index in [0.29, 0.717) is 16.4 Å².